The van der Waals surface area contributed by atoms with Gasteiger partial charge in [-0.3, -0.25) is 4.79 Å². The zero-order chi connectivity index (χ0) is 10.5. The molecule has 1 aliphatic heterocycles. The van der Waals surface area contributed by atoms with Gasteiger partial charge < -0.3 is 4.90 Å². The minimum Gasteiger partial charge on any atom is -0.329 e. The predicted octanol–water partition coefficient (Wildman–Crippen LogP) is 2.87. The van der Waals surface area contributed by atoms with Crippen LogP contribution in [-0.4, -0.2) is 29.0 Å². The molecule has 1 aliphatic rings. The first kappa shape index (κ1) is 10.3. The van der Waals surface area contributed by atoms with E-state index in [-0.39, 0.29) is 5.24 Å². The molecule has 0 atom stereocenters. The monoisotopic (exact) mass is 219 g/mol. The number of nitrogens with zero attached hydrogens (tertiary/aromatic N) is 1. The third kappa shape index (κ3) is 2.86. The van der Waals surface area contributed by atoms with Crippen molar-refractivity contribution in [3.05, 3.63) is 42.0 Å². The van der Waals surface area contributed by atoms with Crippen molar-refractivity contribution in [3.8, 4) is 0 Å². The summed E-state index contributed by atoms with van der Waals surface area (Å²) in [5, 5.41) is 0.202. The number of carbonyl (C=O) groups is 1. The molecular weight excluding hydrogens is 206 g/mol. The first-order chi connectivity index (χ1) is 7.36. The lowest BCUT2D eigenvalue weighted by molar-refractivity contribution is 0.234. The van der Waals surface area contributed by atoms with Crippen LogP contribution in [0, 0.1) is 0 Å². The predicted molar refractivity (Wildman–Crippen MR) is 64.9 cm³/mol. The van der Waals surface area contributed by atoms with Crippen LogP contribution in [0.1, 0.15) is 5.56 Å². The van der Waals surface area contributed by atoms with Crippen LogP contribution in [0.4, 0.5) is 4.79 Å². The van der Waals surface area contributed by atoms with E-state index in [2.05, 4.69) is 18.2 Å². The van der Waals surface area contributed by atoms with Crippen LogP contribution in [0.25, 0.3) is 6.08 Å². The van der Waals surface area contributed by atoms with Gasteiger partial charge in [-0.25, -0.2) is 0 Å². The molecule has 1 aromatic rings. The first-order valence-corrected chi connectivity index (χ1v) is 5.98. The second kappa shape index (κ2) is 5.03. The van der Waals surface area contributed by atoms with Crippen LogP contribution in [0.5, 0.6) is 0 Å². The molecule has 0 radical (unpaired) electrons. The molecule has 1 fully saturated rings. The minimum atomic E-state index is 0.202. The van der Waals surface area contributed by atoms with Crippen molar-refractivity contribution in [2.75, 3.05) is 18.8 Å². The molecule has 0 saturated carbocycles. The zero-order valence-corrected chi connectivity index (χ0v) is 9.24. The number of amides is 1. The van der Waals surface area contributed by atoms with Gasteiger partial charge in [-0.05, 0) is 5.56 Å². The number of thioether (sulfide) groups is 1. The molecule has 78 valence electrons. The Bertz CT molecular complexity index is 361. The Hall–Kier alpha value is -1.22. The van der Waals surface area contributed by atoms with Gasteiger partial charge in [0.1, 0.15) is 0 Å². The number of rotatable bonds is 3. The van der Waals surface area contributed by atoms with Gasteiger partial charge in [-0.1, -0.05) is 54.2 Å². The Morgan fingerprint density at radius 2 is 2.13 bits per heavy atom. The molecule has 1 amide bonds. The third-order valence-corrected chi connectivity index (χ3v) is 3.17. The summed E-state index contributed by atoms with van der Waals surface area (Å²) in [6, 6.07) is 10.1. The number of carbonyl (C=O) groups excluding carboxylic acids is 1. The molecule has 2 rings (SSSR count). The SMILES string of the molecule is O=C1SCCN1CC=Cc1ccccc1. The fourth-order valence-electron chi connectivity index (χ4n) is 1.47. The maximum atomic E-state index is 11.3. The van der Waals surface area contributed by atoms with E-state index in [9.17, 15) is 4.79 Å². The van der Waals surface area contributed by atoms with Gasteiger partial charge in [0.05, 0.1) is 0 Å². The quantitative estimate of drug-likeness (QED) is 0.779. The standard InChI is InChI=1S/C12H13NOS/c14-12-13(9-10-15-12)8-4-7-11-5-2-1-3-6-11/h1-7H,8-10H2. The molecule has 0 aliphatic carbocycles. The van der Waals surface area contributed by atoms with Crippen molar-refractivity contribution >= 4 is 23.1 Å². The van der Waals surface area contributed by atoms with Gasteiger partial charge >= 0.3 is 0 Å². The number of benzene rings is 1. The highest BCUT2D eigenvalue weighted by Gasteiger charge is 2.18. The molecule has 0 N–H and O–H groups in total. The summed E-state index contributed by atoms with van der Waals surface area (Å²) in [7, 11) is 0. The van der Waals surface area contributed by atoms with Crippen LogP contribution in [0.2, 0.25) is 0 Å². The maximum absolute atomic E-state index is 11.3. The molecule has 15 heavy (non-hydrogen) atoms. The minimum absolute atomic E-state index is 0.202. The van der Waals surface area contributed by atoms with Crippen LogP contribution in [0.3, 0.4) is 0 Å². The van der Waals surface area contributed by atoms with Crippen molar-refractivity contribution in [2.24, 2.45) is 0 Å². The van der Waals surface area contributed by atoms with E-state index in [4.69, 9.17) is 0 Å². The summed E-state index contributed by atoms with van der Waals surface area (Å²) >= 11 is 1.40. The summed E-state index contributed by atoms with van der Waals surface area (Å²) in [6.07, 6.45) is 4.09. The third-order valence-electron chi connectivity index (χ3n) is 2.28. The summed E-state index contributed by atoms with van der Waals surface area (Å²) in [6.45, 7) is 1.60. The lowest BCUT2D eigenvalue weighted by Crippen LogP contribution is -2.22. The fourth-order valence-corrected chi connectivity index (χ4v) is 2.31. The zero-order valence-electron chi connectivity index (χ0n) is 8.43. The summed E-state index contributed by atoms with van der Waals surface area (Å²) < 4.78 is 0. The molecule has 0 bridgehead atoms. The molecular formula is C12H13NOS. The Morgan fingerprint density at radius 1 is 1.33 bits per heavy atom. The molecule has 3 heteroatoms. The van der Waals surface area contributed by atoms with E-state index >= 15 is 0 Å². The van der Waals surface area contributed by atoms with Crippen molar-refractivity contribution in [2.45, 2.75) is 0 Å². The Kier molecular flexibility index (Phi) is 3.45. The maximum Gasteiger partial charge on any atom is 0.282 e. The van der Waals surface area contributed by atoms with Gasteiger partial charge in [0.25, 0.3) is 5.24 Å². The van der Waals surface area contributed by atoms with Crippen molar-refractivity contribution < 1.29 is 4.79 Å². The largest absolute Gasteiger partial charge is 0.329 e. The molecule has 1 saturated heterocycles. The molecule has 0 unspecified atom stereocenters. The molecule has 1 heterocycles. The van der Waals surface area contributed by atoms with Gasteiger partial charge in [-0.15, -0.1) is 0 Å². The van der Waals surface area contributed by atoms with Gasteiger partial charge in [0, 0.05) is 18.8 Å². The summed E-state index contributed by atoms with van der Waals surface area (Å²) in [4.78, 5) is 13.1. The average molecular weight is 219 g/mol. The fraction of sp³-hybridized carbons (Fsp3) is 0.250. The van der Waals surface area contributed by atoms with Crippen molar-refractivity contribution in [1.82, 2.24) is 4.90 Å². The van der Waals surface area contributed by atoms with Crippen molar-refractivity contribution in [3.63, 3.8) is 0 Å². The highest BCUT2D eigenvalue weighted by atomic mass is 32.2. The van der Waals surface area contributed by atoms with E-state index in [0.717, 1.165) is 18.8 Å². The number of hydrogen-bond acceptors (Lipinski definition) is 2. The molecule has 0 aromatic heterocycles. The highest BCUT2D eigenvalue weighted by Crippen LogP contribution is 2.16. The van der Waals surface area contributed by atoms with Crippen LogP contribution >= 0.6 is 11.8 Å². The van der Waals surface area contributed by atoms with E-state index in [1.54, 1.807) is 0 Å². The Morgan fingerprint density at radius 3 is 2.80 bits per heavy atom. The molecule has 0 spiro atoms. The molecule has 2 nitrogen and oxygen atoms in total. The second-order valence-corrected chi connectivity index (χ2v) is 4.42. The van der Waals surface area contributed by atoms with Crippen molar-refractivity contribution in [1.29, 1.82) is 0 Å². The van der Waals surface area contributed by atoms with E-state index in [1.165, 1.54) is 17.3 Å². The van der Waals surface area contributed by atoms with Crippen LogP contribution in [-0.2, 0) is 0 Å². The van der Waals surface area contributed by atoms with Crippen LogP contribution < -0.4 is 0 Å². The van der Waals surface area contributed by atoms with Crippen LogP contribution in [0.15, 0.2) is 36.4 Å². The highest BCUT2D eigenvalue weighted by molar-refractivity contribution is 8.13. The number of hydrogen-bond donors (Lipinski definition) is 0. The summed E-state index contributed by atoms with van der Waals surface area (Å²) in [5.41, 5.74) is 1.18. The summed E-state index contributed by atoms with van der Waals surface area (Å²) in [5.74, 6) is 0.929. The second-order valence-electron chi connectivity index (χ2n) is 3.37. The van der Waals surface area contributed by atoms with Gasteiger partial charge in [0.2, 0.25) is 0 Å². The smallest absolute Gasteiger partial charge is 0.282 e. The van der Waals surface area contributed by atoms with Gasteiger partial charge in [-0.2, -0.15) is 0 Å². The lowest BCUT2D eigenvalue weighted by atomic mass is 10.2. The van der Waals surface area contributed by atoms with E-state index < -0.39 is 0 Å². The van der Waals surface area contributed by atoms with E-state index in [0.29, 0.717) is 0 Å². The lowest BCUT2D eigenvalue weighted by Gasteiger charge is -2.10. The van der Waals surface area contributed by atoms with Gasteiger partial charge in [0.15, 0.2) is 0 Å². The molecule has 1 aromatic carbocycles. The Labute approximate surface area is 94.0 Å². The first-order valence-electron chi connectivity index (χ1n) is 4.99. The van der Waals surface area contributed by atoms with E-state index in [1.807, 2.05) is 29.2 Å². The Balaban J connectivity index is 1.88. The normalized spacial score (nSPS) is 16.5. The average Bonchev–Trinajstić information content (AvgIpc) is 2.66. The topological polar surface area (TPSA) is 20.3 Å².